The SMILES string of the molecule is CCOc1ccc(OCC)c(NC(N)=NCc2sc(-c3ccccc3)nc2C)c1. The molecule has 0 unspecified atom stereocenters. The number of aliphatic imine (C=N–C) groups is 1. The molecule has 0 saturated carbocycles. The maximum absolute atomic E-state index is 6.14. The van der Waals surface area contributed by atoms with Crippen LogP contribution in [0.1, 0.15) is 24.4 Å². The van der Waals surface area contributed by atoms with Gasteiger partial charge >= 0.3 is 0 Å². The smallest absolute Gasteiger partial charge is 0.193 e. The summed E-state index contributed by atoms with van der Waals surface area (Å²) in [6, 6.07) is 15.7. The highest BCUT2D eigenvalue weighted by atomic mass is 32.1. The van der Waals surface area contributed by atoms with Gasteiger partial charge in [-0.2, -0.15) is 0 Å². The van der Waals surface area contributed by atoms with E-state index in [1.54, 1.807) is 11.3 Å². The summed E-state index contributed by atoms with van der Waals surface area (Å²) in [6.07, 6.45) is 0. The molecule has 2 aromatic carbocycles. The summed E-state index contributed by atoms with van der Waals surface area (Å²) in [4.78, 5) is 10.2. The summed E-state index contributed by atoms with van der Waals surface area (Å²) >= 11 is 1.63. The van der Waals surface area contributed by atoms with Crippen molar-refractivity contribution >= 4 is 23.0 Å². The van der Waals surface area contributed by atoms with Crippen molar-refractivity contribution in [1.82, 2.24) is 4.98 Å². The number of aromatic nitrogens is 1. The molecule has 0 amide bonds. The van der Waals surface area contributed by atoms with Crippen molar-refractivity contribution in [1.29, 1.82) is 0 Å². The Morgan fingerprint density at radius 3 is 2.59 bits per heavy atom. The summed E-state index contributed by atoms with van der Waals surface area (Å²) in [5, 5.41) is 4.12. The third kappa shape index (κ3) is 5.48. The molecule has 0 saturated heterocycles. The van der Waals surface area contributed by atoms with Crippen molar-refractivity contribution < 1.29 is 9.47 Å². The van der Waals surface area contributed by atoms with E-state index in [2.05, 4.69) is 27.4 Å². The number of guanidine groups is 1. The molecule has 7 heteroatoms. The average Bonchev–Trinajstić information content (AvgIpc) is 3.10. The predicted octanol–water partition coefficient (Wildman–Crippen LogP) is 4.84. The number of aryl methyl sites for hydroxylation is 1. The van der Waals surface area contributed by atoms with Gasteiger partial charge in [-0.15, -0.1) is 11.3 Å². The monoisotopic (exact) mass is 410 g/mol. The largest absolute Gasteiger partial charge is 0.494 e. The van der Waals surface area contributed by atoms with Gasteiger partial charge < -0.3 is 20.5 Å². The standard InChI is InChI=1S/C22H26N4O2S/c1-4-27-17-11-12-19(28-5-2)18(13-17)26-22(23)24-14-20-15(3)25-21(29-20)16-9-7-6-8-10-16/h6-13H,4-5,14H2,1-3H3,(H3,23,24,26). The summed E-state index contributed by atoms with van der Waals surface area (Å²) in [5.74, 6) is 1.76. The quantitative estimate of drug-likeness (QED) is 0.410. The first-order valence-electron chi connectivity index (χ1n) is 9.59. The van der Waals surface area contributed by atoms with Crippen LogP contribution in [0.15, 0.2) is 53.5 Å². The van der Waals surface area contributed by atoms with Crippen LogP contribution in [0.4, 0.5) is 5.69 Å². The number of ether oxygens (including phenoxy) is 2. The number of thiazole rings is 1. The number of benzene rings is 2. The van der Waals surface area contributed by atoms with Crippen molar-refractivity contribution in [2.24, 2.45) is 10.7 Å². The van der Waals surface area contributed by atoms with E-state index in [9.17, 15) is 0 Å². The summed E-state index contributed by atoms with van der Waals surface area (Å²) < 4.78 is 11.2. The van der Waals surface area contributed by atoms with Crippen molar-refractivity contribution in [3.8, 4) is 22.1 Å². The van der Waals surface area contributed by atoms with Gasteiger partial charge in [-0.3, -0.25) is 0 Å². The molecule has 0 aliphatic carbocycles. The number of rotatable bonds is 8. The van der Waals surface area contributed by atoms with Crippen LogP contribution < -0.4 is 20.5 Å². The third-order valence-corrected chi connectivity index (χ3v) is 5.32. The maximum Gasteiger partial charge on any atom is 0.193 e. The fourth-order valence-electron chi connectivity index (χ4n) is 2.76. The van der Waals surface area contributed by atoms with Gasteiger partial charge in [-0.25, -0.2) is 9.98 Å². The molecule has 1 aromatic heterocycles. The van der Waals surface area contributed by atoms with Crippen molar-refractivity contribution in [2.45, 2.75) is 27.3 Å². The van der Waals surface area contributed by atoms with E-state index in [0.717, 1.165) is 32.6 Å². The molecule has 152 valence electrons. The Balaban J connectivity index is 1.74. The van der Waals surface area contributed by atoms with Crippen LogP contribution in [-0.4, -0.2) is 24.2 Å². The fourth-order valence-corrected chi connectivity index (χ4v) is 3.75. The number of hydrogen-bond acceptors (Lipinski definition) is 5. The average molecular weight is 411 g/mol. The van der Waals surface area contributed by atoms with Crippen LogP contribution >= 0.6 is 11.3 Å². The molecular weight excluding hydrogens is 384 g/mol. The first kappa shape index (κ1) is 20.7. The molecule has 0 aliphatic heterocycles. The Kier molecular flexibility index (Phi) is 7.08. The molecule has 0 radical (unpaired) electrons. The highest BCUT2D eigenvalue weighted by molar-refractivity contribution is 7.15. The zero-order chi connectivity index (χ0) is 20.6. The molecule has 0 aliphatic rings. The maximum atomic E-state index is 6.14. The van der Waals surface area contributed by atoms with E-state index >= 15 is 0 Å². The first-order chi connectivity index (χ1) is 14.1. The normalized spacial score (nSPS) is 11.3. The Bertz CT molecular complexity index is 970. The van der Waals surface area contributed by atoms with Gasteiger partial charge in [0.2, 0.25) is 0 Å². The topological polar surface area (TPSA) is 81.8 Å². The minimum Gasteiger partial charge on any atom is -0.494 e. The number of nitrogens with two attached hydrogens (primary N) is 1. The van der Waals surface area contributed by atoms with Gasteiger partial charge in [0.05, 0.1) is 31.1 Å². The van der Waals surface area contributed by atoms with E-state index in [1.807, 2.05) is 57.2 Å². The number of anilines is 1. The lowest BCUT2D eigenvalue weighted by Crippen LogP contribution is -2.23. The summed E-state index contributed by atoms with van der Waals surface area (Å²) in [6.45, 7) is 7.49. The number of nitrogens with zero attached hydrogens (tertiary/aromatic N) is 2. The molecule has 6 nitrogen and oxygen atoms in total. The van der Waals surface area contributed by atoms with Crippen LogP contribution in [-0.2, 0) is 6.54 Å². The lowest BCUT2D eigenvalue weighted by Gasteiger charge is -2.13. The van der Waals surface area contributed by atoms with Crippen LogP contribution in [0.2, 0.25) is 0 Å². The lowest BCUT2D eigenvalue weighted by molar-refractivity contribution is 0.332. The molecule has 0 fully saturated rings. The van der Waals surface area contributed by atoms with Gasteiger partial charge in [-0.05, 0) is 32.9 Å². The van der Waals surface area contributed by atoms with E-state index in [-0.39, 0.29) is 0 Å². The minimum absolute atomic E-state index is 0.314. The second-order valence-corrected chi connectivity index (χ2v) is 7.33. The van der Waals surface area contributed by atoms with Gasteiger partial charge in [0, 0.05) is 16.5 Å². The van der Waals surface area contributed by atoms with E-state index in [4.69, 9.17) is 15.2 Å². The van der Waals surface area contributed by atoms with Crippen LogP contribution in [0, 0.1) is 6.92 Å². The number of nitrogens with one attached hydrogen (secondary N) is 1. The van der Waals surface area contributed by atoms with E-state index in [0.29, 0.717) is 31.5 Å². The van der Waals surface area contributed by atoms with Crippen LogP contribution in [0.25, 0.3) is 10.6 Å². The van der Waals surface area contributed by atoms with Gasteiger partial charge in [0.25, 0.3) is 0 Å². The lowest BCUT2D eigenvalue weighted by atomic mass is 10.2. The molecule has 3 rings (SSSR count). The third-order valence-electron chi connectivity index (χ3n) is 4.13. The second-order valence-electron chi connectivity index (χ2n) is 6.24. The molecule has 29 heavy (non-hydrogen) atoms. The molecule has 3 N–H and O–H groups in total. The van der Waals surface area contributed by atoms with Gasteiger partial charge in [0.1, 0.15) is 16.5 Å². The molecule has 1 heterocycles. The van der Waals surface area contributed by atoms with Gasteiger partial charge in [0.15, 0.2) is 5.96 Å². The zero-order valence-corrected chi connectivity index (χ0v) is 17.8. The van der Waals surface area contributed by atoms with Gasteiger partial charge in [-0.1, -0.05) is 30.3 Å². The highest BCUT2D eigenvalue weighted by Gasteiger charge is 2.10. The Morgan fingerprint density at radius 1 is 1.10 bits per heavy atom. The molecular formula is C22H26N4O2S. The summed E-state index contributed by atoms with van der Waals surface area (Å²) in [7, 11) is 0. The van der Waals surface area contributed by atoms with Crippen LogP contribution in [0.5, 0.6) is 11.5 Å². The number of hydrogen-bond donors (Lipinski definition) is 2. The molecule has 0 spiro atoms. The van der Waals surface area contributed by atoms with Crippen molar-refractivity contribution in [3.63, 3.8) is 0 Å². The Labute approximate surface area is 175 Å². The molecule has 0 atom stereocenters. The highest BCUT2D eigenvalue weighted by Crippen LogP contribution is 2.30. The van der Waals surface area contributed by atoms with Crippen molar-refractivity contribution in [2.75, 3.05) is 18.5 Å². The second kappa shape index (κ2) is 9.93. The first-order valence-corrected chi connectivity index (χ1v) is 10.4. The predicted molar refractivity (Wildman–Crippen MR) is 120 cm³/mol. The Morgan fingerprint density at radius 2 is 1.86 bits per heavy atom. The van der Waals surface area contributed by atoms with Crippen molar-refractivity contribution in [3.05, 3.63) is 59.1 Å². The Hall–Kier alpha value is -3.06. The van der Waals surface area contributed by atoms with E-state index < -0.39 is 0 Å². The molecule has 3 aromatic rings. The molecule has 0 bridgehead atoms. The van der Waals surface area contributed by atoms with Crippen LogP contribution in [0.3, 0.4) is 0 Å². The summed E-state index contributed by atoms with van der Waals surface area (Å²) in [5.41, 5.74) is 8.94. The minimum atomic E-state index is 0.314. The zero-order valence-electron chi connectivity index (χ0n) is 16.9. The fraction of sp³-hybridized carbons (Fsp3) is 0.273. The van der Waals surface area contributed by atoms with E-state index in [1.165, 1.54) is 0 Å².